The molecule has 3 unspecified atom stereocenters. The lowest BCUT2D eigenvalue weighted by molar-refractivity contribution is 0.210. The van der Waals surface area contributed by atoms with Gasteiger partial charge in [-0.3, -0.25) is 4.90 Å². The number of hydrogen-bond acceptors (Lipinski definition) is 2. The van der Waals surface area contributed by atoms with Crippen LogP contribution < -0.4 is 5.32 Å². The largest absolute Gasteiger partial charge is 0.316 e. The Bertz CT molecular complexity index is 460. The average molecular weight is 323 g/mol. The van der Waals surface area contributed by atoms with Gasteiger partial charge in [0.1, 0.15) is 0 Å². The second kappa shape index (κ2) is 5.55. The predicted molar refractivity (Wildman–Crippen MR) is 83.2 cm³/mol. The van der Waals surface area contributed by atoms with E-state index in [0.717, 1.165) is 24.4 Å². The van der Waals surface area contributed by atoms with E-state index >= 15 is 0 Å². The van der Waals surface area contributed by atoms with Gasteiger partial charge < -0.3 is 5.32 Å². The number of fused-ring (bicyclic) bond motifs is 1. The Morgan fingerprint density at radius 1 is 1.37 bits per heavy atom. The monoisotopic (exact) mass is 322 g/mol. The van der Waals surface area contributed by atoms with E-state index in [-0.39, 0.29) is 0 Å². The number of benzene rings is 1. The molecule has 0 aromatic heterocycles. The summed E-state index contributed by atoms with van der Waals surface area (Å²) in [6.07, 6.45) is 1.27. The van der Waals surface area contributed by atoms with Crippen molar-refractivity contribution in [1.82, 2.24) is 10.2 Å². The molecule has 2 aliphatic heterocycles. The molecule has 2 heterocycles. The second-order valence-electron chi connectivity index (χ2n) is 6.08. The van der Waals surface area contributed by atoms with Gasteiger partial charge in [-0.2, -0.15) is 0 Å². The van der Waals surface area contributed by atoms with Crippen molar-refractivity contribution in [3.63, 3.8) is 0 Å². The summed E-state index contributed by atoms with van der Waals surface area (Å²) >= 11 is 3.72. The number of nitrogens with one attached hydrogen (secondary N) is 1. The van der Waals surface area contributed by atoms with Gasteiger partial charge in [-0.25, -0.2) is 0 Å². The summed E-state index contributed by atoms with van der Waals surface area (Å²) in [5.41, 5.74) is 2.75. The third kappa shape index (κ3) is 2.61. The van der Waals surface area contributed by atoms with Crippen molar-refractivity contribution in [1.29, 1.82) is 0 Å². The summed E-state index contributed by atoms with van der Waals surface area (Å²) < 4.78 is 1.26. The first kappa shape index (κ1) is 13.6. The molecule has 1 aromatic rings. The summed E-state index contributed by atoms with van der Waals surface area (Å²) in [6.45, 7) is 9.27. The van der Waals surface area contributed by atoms with Crippen LogP contribution in [0.3, 0.4) is 0 Å². The Labute approximate surface area is 124 Å². The summed E-state index contributed by atoms with van der Waals surface area (Å²) in [6, 6.07) is 7.49. The lowest BCUT2D eigenvalue weighted by atomic mass is 9.93. The van der Waals surface area contributed by atoms with E-state index in [1.165, 1.54) is 41.7 Å². The van der Waals surface area contributed by atoms with Crippen LogP contribution in [0, 0.1) is 18.8 Å². The minimum absolute atomic E-state index is 0.758. The summed E-state index contributed by atoms with van der Waals surface area (Å²) in [5.74, 6) is 1.74. The molecule has 0 bridgehead atoms. The highest BCUT2D eigenvalue weighted by molar-refractivity contribution is 9.10. The summed E-state index contributed by atoms with van der Waals surface area (Å²) in [5, 5.41) is 3.56. The van der Waals surface area contributed by atoms with Gasteiger partial charge in [-0.1, -0.05) is 35.0 Å². The maximum atomic E-state index is 3.72. The van der Waals surface area contributed by atoms with Crippen LogP contribution >= 0.6 is 15.9 Å². The number of nitrogens with zero attached hydrogens (tertiary/aromatic N) is 1. The van der Waals surface area contributed by atoms with Crippen LogP contribution in [-0.2, 0) is 6.54 Å². The van der Waals surface area contributed by atoms with Crippen LogP contribution in [0.25, 0.3) is 0 Å². The number of hydrogen-bond donors (Lipinski definition) is 1. The predicted octanol–water partition coefficient (Wildman–Crippen LogP) is 3.19. The Morgan fingerprint density at radius 3 is 2.95 bits per heavy atom. The molecule has 0 radical (unpaired) electrons. The number of halogens is 1. The molecule has 19 heavy (non-hydrogen) atoms. The topological polar surface area (TPSA) is 15.3 Å². The molecule has 0 spiro atoms. The standard InChI is InChI=1S/C16H23BrN2/c1-3-16-14-8-18-7-13(14)10-19(16)9-12-5-4-11(2)6-15(12)17/h4-6,13-14,16,18H,3,7-10H2,1-2H3. The third-order valence-electron chi connectivity index (χ3n) is 4.82. The van der Waals surface area contributed by atoms with Crippen LogP contribution in [0.2, 0.25) is 0 Å². The highest BCUT2D eigenvalue weighted by Gasteiger charge is 2.42. The molecule has 2 fully saturated rings. The molecule has 0 aliphatic carbocycles. The van der Waals surface area contributed by atoms with Crippen molar-refractivity contribution in [2.75, 3.05) is 19.6 Å². The van der Waals surface area contributed by atoms with Gasteiger partial charge in [-0.05, 0) is 55.5 Å². The van der Waals surface area contributed by atoms with Crippen molar-refractivity contribution in [2.45, 2.75) is 32.9 Å². The zero-order chi connectivity index (χ0) is 13.4. The summed E-state index contributed by atoms with van der Waals surface area (Å²) in [7, 11) is 0. The van der Waals surface area contributed by atoms with Gasteiger partial charge in [0.15, 0.2) is 0 Å². The highest BCUT2D eigenvalue weighted by atomic mass is 79.9. The van der Waals surface area contributed by atoms with Crippen LogP contribution in [0.4, 0.5) is 0 Å². The molecule has 0 saturated carbocycles. The minimum Gasteiger partial charge on any atom is -0.316 e. The molecule has 3 atom stereocenters. The first-order valence-electron chi connectivity index (χ1n) is 7.39. The zero-order valence-electron chi connectivity index (χ0n) is 11.8. The molecular weight excluding hydrogens is 300 g/mol. The van der Waals surface area contributed by atoms with Gasteiger partial charge in [-0.15, -0.1) is 0 Å². The normalized spacial score (nSPS) is 30.8. The van der Waals surface area contributed by atoms with Gasteiger partial charge in [0.2, 0.25) is 0 Å². The molecule has 2 nitrogen and oxygen atoms in total. The smallest absolute Gasteiger partial charge is 0.0248 e. The molecule has 1 N–H and O–H groups in total. The van der Waals surface area contributed by atoms with Crippen molar-refractivity contribution in [3.05, 3.63) is 33.8 Å². The maximum absolute atomic E-state index is 3.72. The van der Waals surface area contributed by atoms with E-state index in [9.17, 15) is 0 Å². The third-order valence-corrected chi connectivity index (χ3v) is 5.56. The first-order valence-corrected chi connectivity index (χ1v) is 8.18. The minimum atomic E-state index is 0.758. The number of aryl methyl sites for hydroxylation is 1. The van der Waals surface area contributed by atoms with Crippen LogP contribution in [0.15, 0.2) is 22.7 Å². The summed E-state index contributed by atoms with van der Waals surface area (Å²) in [4.78, 5) is 2.70. The Kier molecular flexibility index (Phi) is 3.97. The quantitative estimate of drug-likeness (QED) is 0.919. The lowest BCUT2D eigenvalue weighted by Gasteiger charge is -2.27. The van der Waals surface area contributed by atoms with Crippen LogP contribution in [0.5, 0.6) is 0 Å². The molecule has 2 saturated heterocycles. The van der Waals surface area contributed by atoms with E-state index < -0.39 is 0 Å². The number of rotatable bonds is 3. The molecule has 3 heteroatoms. The van der Waals surface area contributed by atoms with Crippen molar-refractivity contribution in [3.8, 4) is 0 Å². The van der Waals surface area contributed by atoms with E-state index in [1.807, 2.05) is 0 Å². The van der Waals surface area contributed by atoms with E-state index in [0.29, 0.717) is 0 Å². The molecule has 0 amide bonds. The van der Waals surface area contributed by atoms with Crippen LogP contribution in [-0.4, -0.2) is 30.6 Å². The van der Waals surface area contributed by atoms with Crippen molar-refractivity contribution >= 4 is 15.9 Å². The molecule has 2 aliphatic rings. The zero-order valence-corrected chi connectivity index (χ0v) is 13.4. The Hall–Kier alpha value is -0.380. The van der Waals surface area contributed by atoms with E-state index in [2.05, 4.69) is 58.2 Å². The van der Waals surface area contributed by atoms with E-state index in [4.69, 9.17) is 0 Å². The van der Waals surface area contributed by atoms with Gasteiger partial charge >= 0.3 is 0 Å². The average Bonchev–Trinajstić information content (AvgIpc) is 2.92. The SMILES string of the molecule is CCC1C2CNCC2CN1Cc1ccc(C)cc1Br. The lowest BCUT2D eigenvalue weighted by Crippen LogP contribution is -2.34. The van der Waals surface area contributed by atoms with Crippen molar-refractivity contribution in [2.24, 2.45) is 11.8 Å². The maximum Gasteiger partial charge on any atom is 0.0248 e. The Morgan fingerprint density at radius 2 is 2.21 bits per heavy atom. The van der Waals surface area contributed by atoms with Gasteiger partial charge in [0, 0.05) is 23.6 Å². The van der Waals surface area contributed by atoms with Gasteiger partial charge in [0.05, 0.1) is 0 Å². The van der Waals surface area contributed by atoms with Gasteiger partial charge in [0.25, 0.3) is 0 Å². The second-order valence-corrected chi connectivity index (χ2v) is 6.94. The fourth-order valence-electron chi connectivity index (χ4n) is 3.85. The van der Waals surface area contributed by atoms with Crippen molar-refractivity contribution < 1.29 is 0 Å². The first-order chi connectivity index (χ1) is 9.19. The molecule has 1 aromatic carbocycles. The Balaban J connectivity index is 1.76. The number of likely N-dealkylation sites (tertiary alicyclic amines) is 1. The fraction of sp³-hybridized carbons (Fsp3) is 0.625. The fourth-order valence-corrected chi connectivity index (χ4v) is 4.47. The molecule has 3 rings (SSSR count). The molecular formula is C16H23BrN2. The highest BCUT2D eigenvalue weighted by Crippen LogP contribution is 2.35. The van der Waals surface area contributed by atoms with Crippen LogP contribution in [0.1, 0.15) is 24.5 Å². The van der Waals surface area contributed by atoms with E-state index in [1.54, 1.807) is 0 Å². The molecule has 104 valence electrons.